The van der Waals surface area contributed by atoms with Crippen molar-refractivity contribution in [3.8, 4) is 0 Å². The van der Waals surface area contributed by atoms with Gasteiger partial charge in [0.25, 0.3) is 5.91 Å². The van der Waals surface area contributed by atoms with Gasteiger partial charge in [0.2, 0.25) is 5.91 Å². The van der Waals surface area contributed by atoms with Gasteiger partial charge < -0.3 is 10.2 Å². The van der Waals surface area contributed by atoms with E-state index in [1.165, 1.54) is 11.0 Å². The van der Waals surface area contributed by atoms with Crippen molar-refractivity contribution in [1.29, 1.82) is 0 Å². The fourth-order valence-corrected chi connectivity index (χ4v) is 1.59. The molecule has 1 aromatic carbocycles. The Morgan fingerprint density at radius 1 is 1.37 bits per heavy atom. The smallest absolute Gasteiger partial charge is 0.251 e. The van der Waals surface area contributed by atoms with Crippen LogP contribution in [0.2, 0.25) is 0 Å². The van der Waals surface area contributed by atoms with Gasteiger partial charge in [-0.1, -0.05) is 28.6 Å². The second-order valence-electron chi connectivity index (χ2n) is 3.72. The van der Waals surface area contributed by atoms with Crippen LogP contribution in [-0.4, -0.2) is 25.4 Å². The first-order chi connectivity index (χ1) is 9.10. The van der Waals surface area contributed by atoms with Crippen molar-refractivity contribution >= 4 is 33.4 Å². The van der Waals surface area contributed by atoms with Crippen molar-refractivity contribution in [3.63, 3.8) is 0 Å². The first kappa shape index (κ1) is 15.2. The Hall–Kier alpha value is -1.88. The monoisotopic (exact) mass is 322 g/mol. The summed E-state index contributed by atoms with van der Waals surface area (Å²) in [5, 5.41) is 2.73. The minimum Gasteiger partial charge on any atom is -0.349 e. The van der Waals surface area contributed by atoms with E-state index in [0.717, 1.165) is 0 Å². The highest BCUT2D eigenvalue weighted by Crippen LogP contribution is 2.14. The molecule has 0 aliphatic heterocycles. The van der Waals surface area contributed by atoms with Gasteiger partial charge in [-0.2, -0.15) is 0 Å². The fraction of sp³-hybridized carbons (Fsp3) is 0.143. The molecule has 2 amide bonds. The van der Waals surface area contributed by atoms with Crippen LogP contribution in [0.15, 0.2) is 48.0 Å². The highest BCUT2D eigenvalue weighted by molar-refractivity contribution is 9.11. The Morgan fingerprint density at radius 3 is 2.53 bits per heavy atom. The Labute approximate surface area is 120 Å². The van der Waals surface area contributed by atoms with Gasteiger partial charge in [0.1, 0.15) is 0 Å². The molecule has 0 bridgehead atoms. The number of benzene rings is 1. The summed E-state index contributed by atoms with van der Waals surface area (Å²) in [5.74, 6) is -0.352. The van der Waals surface area contributed by atoms with Crippen LogP contribution in [0.1, 0.15) is 10.4 Å². The van der Waals surface area contributed by atoms with Crippen molar-refractivity contribution in [1.82, 2.24) is 5.32 Å². The fourth-order valence-electron chi connectivity index (χ4n) is 1.40. The predicted octanol–water partition coefficient (Wildman–Crippen LogP) is 2.47. The molecule has 0 fully saturated rings. The zero-order valence-corrected chi connectivity index (χ0v) is 12.2. The molecule has 0 heterocycles. The third-order valence-electron chi connectivity index (χ3n) is 2.49. The zero-order chi connectivity index (χ0) is 14.3. The molecule has 5 heteroatoms. The number of anilines is 1. The second-order valence-corrected chi connectivity index (χ2v) is 4.25. The molecule has 0 radical (unpaired) electrons. The molecule has 0 saturated carbocycles. The number of carbonyl (C=O) groups excluding carboxylic acids is 2. The molecule has 1 N–H and O–H groups in total. The van der Waals surface area contributed by atoms with Crippen molar-refractivity contribution in [2.45, 2.75) is 0 Å². The Balaban J connectivity index is 2.73. The zero-order valence-electron chi connectivity index (χ0n) is 10.6. The lowest BCUT2D eigenvalue weighted by Crippen LogP contribution is -2.25. The van der Waals surface area contributed by atoms with Gasteiger partial charge in [0, 0.05) is 24.8 Å². The number of hydrogen-bond acceptors (Lipinski definition) is 2. The summed E-state index contributed by atoms with van der Waals surface area (Å²) in [7, 11) is 1.65. The summed E-state index contributed by atoms with van der Waals surface area (Å²) in [6.07, 6.45) is 3.02. The molecular weight excluding hydrogens is 308 g/mol. The molecule has 4 nitrogen and oxygen atoms in total. The average Bonchev–Trinajstić information content (AvgIpc) is 2.46. The molecule has 0 aliphatic carbocycles. The van der Waals surface area contributed by atoms with E-state index in [9.17, 15) is 9.59 Å². The molecule has 0 aliphatic rings. The molecule has 1 rings (SSSR count). The van der Waals surface area contributed by atoms with Crippen LogP contribution < -0.4 is 10.2 Å². The normalized spacial score (nSPS) is 10.2. The maximum absolute atomic E-state index is 11.7. The molecule has 100 valence electrons. The standard InChI is InChI=1S/C14H15BrN2O2/c1-3-13(18)17(2)12-7-5-11(6-8-12)14(19)16-10-4-9-15/h3-9H,1,10H2,2H3,(H,16,19)/b9-4+. The maximum atomic E-state index is 11.7. The van der Waals surface area contributed by atoms with Crippen molar-refractivity contribution in [3.05, 3.63) is 53.5 Å². The maximum Gasteiger partial charge on any atom is 0.251 e. The van der Waals surface area contributed by atoms with Gasteiger partial charge in [-0.3, -0.25) is 9.59 Å². The van der Waals surface area contributed by atoms with Crippen LogP contribution in [-0.2, 0) is 4.79 Å². The van der Waals surface area contributed by atoms with E-state index in [-0.39, 0.29) is 11.8 Å². The summed E-state index contributed by atoms with van der Waals surface area (Å²) < 4.78 is 0. The van der Waals surface area contributed by atoms with E-state index >= 15 is 0 Å². The number of nitrogens with one attached hydrogen (secondary N) is 1. The number of likely N-dealkylation sites (N-methyl/N-ethyl adjacent to an activating group) is 1. The number of nitrogens with zero attached hydrogens (tertiary/aromatic N) is 1. The number of halogens is 1. The van der Waals surface area contributed by atoms with Crippen molar-refractivity contribution < 1.29 is 9.59 Å². The molecule has 0 spiro atoms. The van der Waals surface area contributed by atoms with E-state index in [4.69, 9.17) is 0 Å². The SMILES string of the molecule is C=CC(=O)N(C)c1ccc(C(=O)NC/C=C/Br)cc1. The highest BCUT2D eigenvalue weighted by Gasteiger charge is 2.08. The van der Waals surface area contributed by atoms with Gasteiger partial charge in [0.05, 0.1) is 0 Å². The summed E-state index contributed by atoms with van der Waals surface area (Å²) >= 11 is 3.12. The number of hydrogen-bond donors (Lipinski definition) is 1. The molecule has 19 heavy (non-hydrogen) atoms. The minimum absolute atomic E-state index is 0.158. The van der Waals surface area contributed by atoms with Crippen molar-refractivity contribution in [2.75, 3.05) is 18.5 Å². The Kier molecular flexibility index (Phi) is 6.02. The predicted molar refractivity (Wildman–Crippen MR) is 80.4 cm³/mol. The number of rotatable bonds is 5. The molecule has 0 unspecified atom stereocenters. The van der Waals surface area contributed by atoms with E-state index in [1.807, 2.05) is 0 Å². The topological polar surface area (TPSA) is 49.4 Å². The van der Waals surface area contributed by atoms with Gasteiger partial charge in [-0.05, 0) is 35.3 Å². The van der Waals surface area contributed by atoms with Gasteiger partial charge in [-0.15, -0.1) is 0 Å². The van der Waals surface area contributed by atoms with E-state index < -0.39 is 0 Å². The van der Waals surface area contributed by atoms with Crippen LogP contribution in [0.5, 0.6) is 0 Å². The summed E-state index contributed by atoms with van der Waals surface area (Å²) in [6, 6.07) is 6.79. The number of carbonyl (C=O) groups is 2. The first-order valence-corrected chi connectivity index (χ1v) is 6.55. The van der Waals surface area contributed by atoms with Gasteiger partial charge in [-0.25, -0.2) is 0 Å². The lowest BCUT2D eigenvalue weighted by atomic mass is 10.2. The van der Waals surface area contributed by atoms with Crippen LogP contribution in [0, 0.1) is 0 Å². The van der Waals surface area contributed by atoms with Crippen LogP contribution in [0.4, 0.5) is 5.69 Å². The Bertz CT molecular complexity index is 495. The molecular formula is C14H15BrN2O2. The lowest BCUT2D eigenvalue weighted by Gasteiger charge is -2.15. The van der Waals surface area contributed by atoms with Crippen LogP contribution >= 0.6 is 15.9 Å². The minimum atomic E-state index is -0.195. The number of amides is 2. The molecule has 0 saturated heterocycles. The average molecular weight is 323 g/mol. The Morgan fingerprint density at radius 2 is 2.00 bits per heavy atom. The highest BCUT2D eigenvalue weighted by atomic mass is 79.9. The molecule has 0 aromatic heterocycles. The third-order valence-corrected chi connectivity index (χ3v) is 2.87. The van der Waals surface area contributed by atoms with Crippen molar-refractivity contribution in [2.24, 2.45) is 0 Å². The lowest BCUT2D eigenvalue weighted by molar-refractivity contribution is -0.113. The summed E-state index contributed by atoms with van der Waals surface area (Å²) in [5.41, 5.74) is 1.26. The summed E-state index contributed by atoms with van der Waals surface area (Å²) in [6.45, 7) is 3.89. The van der Waals surface area contributed by atoms with Gasteiger partial charge >= 0.3 is 0 Å². The quantitative estimate of drug-likeness (QED) is 0.847. The van der Waals surface area contributed by atoms with E-state index in [2.05, 4.69) is 27.8 Å². The molecule has 0 atom stereocenters. The third kappa shape index (κ3) is 4.37. The summed E-state index contributed by atoms with van der Waals surface area (Å²) in [4.78, 5) is 26.3. The largest absolute Gasteiger partial charge is 0.349 e. The van der Waals surface area contributed by atoms with Gasteiger partial charge in [0.15, 0.2) is 0 Å². The second kappa shape index (κ2) is 7.53. The van der Waals surface area contributed by atoms with E-state index in [1.54, 1.807) is 42.4 Å². The van der Waals surface area contributed by atoms with E-state index in [0.29, 0.717) is 17.8 Å². The molecule has 1 aromatic rings. The first-order valence-electron chi connectivity index (χ1n) is 5.63. The van der Waals surface area contributed by atoms with Crippen LogP contribution in [0.3, 0.4) is 0 Å². The van der Waals surface area contributed by atoms with Crippen LogP contribution in [0.25, 0.3) is 0 Å².